The first-order valence-electron chi connectivity index (χ1n) is 9.72. The van der Waals surface area contributed by atoms with Crippen molar-refractivity contribution in [2.45, 2.75) is 13.8 Å². The highest BCUT2D eigenvalue weighted by atomic mass is 35.5. The molecule has 1 aromatic heterocycles. The number of carbonyl (C=O) groups excluding carboxylic acids is 1. The molecule has 0 unspecified atom stereocenters. The van der Waals surface area contributed by atoms with Crippen molar-refractivity contribution in [3.05, 3.63) is 88.7 Å². The molecule has 1 N–H and O–H groups in total. The fourth-order valence-electron chi connectivity index (χ4n) is 3.25. The Morgan fingerprint density at radius 2 is 1.74 bits per heavy atom. The zero-order chi connectivity index (χ0) is 22.0. The quantitative estimate of drug-likeness (QED) is 0.454. The molecule has 0 bridgehead atoms. The Morgan fingerprint density at radius 1 is 1.00 bits per heavy atom. The van der Waals surface area contributed by atoms with Crippen molar-refractivity contribution in [1.82, 2.24) is 14.8 Å². The molecular weight excluding hydrogens is 412 g/mol. The topological polar surface area (TPSA) is 69.0 Å². The van der Waals surface area contributed by atoms with Crippen molar-refractivity contribution in [1.29, 1.82) is 0 Å². The molecule has 0 aliphatic rings. The second-order valence-electron chi connectivity index (χ2n) is 7.05. The second kappa shape index (κ2) is 8.62. The van der Waals surface area contributed by atoms with E-state index in [1.807, 2.05) is 56.3 Å². The molecule has 0 atom stereocenters. The Morgan fingerprint density at radius 3 is 2.48 bits per heavy atom. The smallest absolute Gasteiger partial charge is 0.295 e. The van der Waals surface area contributed by atoms with Gasteiger partial charge in [-0.3, -0.25) is 4.79 Å². The number of amides is 1. The van der Waals surface area contributed by atoms with Crippen molar-refractivity contribution < 1.29 is 9.53 Å². The molecule has 4 rings (SSSR count). The monoisotopic (exact) mass is 432 g/mol. The molecule has 0 aliphatic heterocycles. The highest BCUT2D eigenvalue weighted by molar-refractivity contribution is 6.30. The fraction of sp³-hybridized carbons (Fsp3) is 0.125. The predicted molar refractivity (Wildman–Crippen MR) is 122 cm³/mol. The van der Waals surface area contributed by atoms with E-state index in [1.165, 1.54) is 0 Å². The molecular formula is C24H21ClN4O2. The van der Waals surface area contributed by atoms with Crippen LogP contribution in [0.15, 0.2) is 66.7 Å². The van der Waals surface area contributed by atoms with Gasteiger partial charge in [-0.05, 0) is 67.4 Å². The molecule has 0 saturated heterocycles. The molecule has 4 aromatic rings. The molecule has 3 aromatic carbocycles. The van der Waals surface area contributed by atoms with Gasteiger partial charge in [0.15, 0.2) is 5.82 Å². The van der Waals surface area contributed by atoms with Crippen molar-refractivity contribution in [2.75, 3.05) is 12.4 Å². The van der Waals surface area contributed by atoms with Gasteiger partial charge in [-0.1, -0.05) is 35.9 Å². The number of carbonyl (C=O) groups is 1. The van der Waals surface area contributed by atoms with Crippen LogP contribution in [0.2, 0.25) is 5.02 Å². The van der Waals surface area contributed by atoms with E-state index in [9.17, 15) is 4.79 Å². The molecule has 6 nitrogen and oxygen atoms in total. The van der Waals surface area contributed by atoms with Gasteiger partial charge in [0.1, 0.15) is 5.75 Å². The minimum absolute atomic E-state index is 0.0526. The Labute approximate surface area is 185 Å². The van der Waals surface area contributed by atoms with E-state index in [0.717, 1.165) is 22.4 Å². The summed E-state index contributed by atoms with van der Waals surface area (Å²) in [7, 11) is 1.55. The van der Waals surface area contributed by atoms with Crippen LogP contribution < -0.4 is 10.1 Å². The lowest BCUT2D eigenvalue weighted by Gasteiger charge is -2.11. The predicted octanol–water partition coefficient (Wildman–Crippen LogP) is 5.47. The number of hydrogen-bond acceptors (Lipinski definition) is 4. The summed E-state index contributed by atoms with van der Waals surface area (Å²) in [6.45, 7) is 4.06. The SMILES string of the molecule is COc1ccccc1NC(=O)c1nc(-c2ccc(Cl)cc2)n(-c2cccc(C)c2C)n1. The summed E-state index contributed by atoms with van der Waals surface area (Å²) in [5.74, 6) is 0.735. The van der Waals surface area contributed by atoms with E-state index in [2.05, 4.69) is 15.4 Å². The zero-order valence-electron chi connectivity index (χ0n) is 17.4. The summed E-state index contributed by atoms with van der Waals surface area (Å²) in [6, 6.07) is 20.4. The van der Waals surface area contributed by atoms with Crippen LogP contribution in [0.3, 0.4) is 0 Å². The first-order chi connectivity index (χ1) is 15.0. The number of para-hydroxylation sites is 2. The van der Waals surface area contributed by atoms with Gasteiger partial charge in [0.05, 0.1) is 18.5 Å². The van der Waals surface area contributed by atoms with Gasteiger partial charge in [-0.2, -0.15) is 0 Å². The average molecular weight is 433 g/mol. The number of aromatic nitrogens is 3. The van der Waals surface area contributed by atoms with E-state index < -0.39 is 5.91 Å². The molecule has 0 spiro atoms. The van der Waals surface area contributed by atoms with E-state index in [-0.39, 0.29) is 5.82 Å². The number of benzene rings is 3. The second-order valence-corrected chi connectivity index (χ2v) is 7.49. The number of nitrogens with one attached hydrogen (secondary N) is 1. The molecule has 0 radical (unpaired) electrons. The highest BCUT2D eigenvalue weighted by Gasteiger charge is 2.21. The van der Waals surface area contributed by atoms with E-state index in [0.29, 0.717) is 22.3 Å². The maximum Gasteiger partial charge on any atom is 0.295 e. The lowest BCUT2D eigenvalue weighted by atomic mass is 10.1. The summed E-state index contributed by atoms with van der Waals surface area (Å²) in [5.41, 5.74) is 4.38. The van der Waals surface area contributed by atoms with E-state index in [1.54, 1.807) is 36.1 Å². The lowest BCUT2D eigenvalue weighted by Crippen LogP contribution is -2.15. The Kier molecular flexibility index (Phi) is 5.73. The molecule has 1 heterocycles. The summed E-state index contributed by atoms with van der Waals surface area (Å²) in [5, 5.41) is 8.01. The van der Waals surface area contributed by atoms with Crippen molar-refractivity contribution in [3.8, 4) is 22.8 Å². The minimum Gasteiger partial charge on any atom is -0.495 e. The van der Waals surface area contributed by atoms with Crippen LogP contribution in [-0.4, -0.2) is 27.8 Å². The van der Waals surface area contributed by atoms with Crippen LogP contribution in [-0.2, 0) is 0 Å². The van der Waals surface area contributed by atoms with Gasteiger partial charge in [0, 0.05) is 10.6 Å². The van der Waals surface area contributed by atoms with Gasteiger partial charge in [-0.25, -0.2) is 9.67 Å². The van der Waals surface area contributed by atoms with Crippen molar-refractivity contribution in [3.63, 3.8) is 0 Å². The van der Waals surface area contributed by atoms with E-state index >= 15 is 0 Å². The van der Waals surface area contributed by atoms with Crippen LogP contribution in [0.1, 0.15) is 21.7 Å². The lowest BCUT2D eigenvalue weighted by molar-refractivity contribution is 0.101. The van der Waals surface area contributed by atoms with Crippen molar-refractivity contribution >= 4 is 23.2 Å². The number of hydrogen-bond donors (Lipinski definition) is 1. The summed E-state index contributed by atoms with van der Waals surface area (Å²) in [6.07, 6.45) is 0. The third kappa shape index (κ3) is 4.15. The number of ether oxygens (including phenoxy) is 1. The van der Waals surface area contributed by atoms with Crippen LogP contribution in [0.4, 0.5) is 5.69 Å². The average Bonchev–Trinajstić information content (AvgIpc) is 3.22. The molecule has 31 heavy (non-hydrogen) atoms. The number of rotatable bonds is 5. The van der Waals surface area contributed by atoms with Gasteiger partial charge < -0.3 is 10.1 Å². The van der Waals surface area contributed by atoms with Crippen LogP contribution in [0, 0.1) is 13.8 Å². The molecule has 0 aliphatic carbocycles. The van der Waals surface area contributed by atoms with Crippen LogP contribution in [0.5, 0.6) is 5.75 Å². The Bertz CT molecular complexity index is 1250. The summed E-state index contributed by atoms with van der Waals surface area (Å²) >= 11 is 6.06. The van der Waals surface area contributed by atoms with Crippen LogP contribution in [0.25, 0.3) is 17.1 Å². The van der Waals surface area contributed by atoms with Gasteiger partial charge >= 0.3 is 0 Å². The Balaban J connectivity index is 1.80. The van der Waals surface area contributed by atoms with Crippen molar-refractivity contribution in [2.24, 2.45) is 0 Å². The number of anilines is 1. The highest BCUT2D eigenvalue weighted by Crippen LogP contribution is 2.27. The number of methoxy groups -OCH3 is 1. The largest absolute Gasteiger partial charge is 0.495 e. The number of aryl methyl sites for hydroxylation is 1. The first kappa shape index (κ1) is 20.6. The molecule has 0 fully saturated rings. The maximum absolute atomic E-state index is 13.0. The normalized spacial score (nSPS) is 10.7. The summed E-state index contributed by atoms with van der Waals surface area (Å²) in [4.78, 5) is 17.6. The number of nitrogens with zero attached hydrogens (tertiary/aromatic N) is 3. The van der Waals surface area contributed by atoms with Crippen LogP contribution >= 0.6 is 11.6 Å². The fourth-order valence-corrected chi connectivity index (χ4v) is 3.38. The van der Waals surface area contributed by atoms with Gasteiger partial charge in [-0.15, -0.1) is 5.10 Å². The first-order valence-corrected chi connectivity index (χ1v) is 10.1. The molecule has 0 saturated carbocycles. The van der Waals surface area contributed by atoms with E-state index in [4.69, 9.17) is 16.3 Å². The third-order valence-electron chi connectivity index (χ3n) is 5.07. The van der Waals surface area contributed by atoms with Gasteiger partial charge in [0.2, 0.25) is 5.82 Å². The Hall–Kier alpha value is -3.64. The molecule has 1 amide bonds. The van der Waals surface area contributed by atoms with Gasteiger partial charge in [0.25, 0.3) is 5.91 Å². The summed E-state index contributed by atoms with van der Waals surface area (Å²) < 4.78 is 7.01. The molecule has 156 valence electrons. The standard InChI is InChI=1S/C24H21ClN4O2/c1-15-7-6-9-20(16(15)2)29-23(17-11-13-18(25)14-12-17)27-22(28-29)24(30)26-19-8-4-5-10-21(19)31-3/h4-14H,1-3H3,(H,26,30). The molecule has 7 heteroatoms. The third-order valence-corrected chi connectivity index (χ3v) is 5.32. The minimum atomic E-state index is -0.427. The zero-order valence-corrected chi connectivity index (χ0v) is 18.1. The maximum atomic E-state index is 13.0. The number of halogens is 1.